The molecule has 0 saturated carbocycles. The third-order valence-electron chi connectivity index (χ3n) is 2.28. The number of aromatic nitrogens is 1. The number of fused-ring (bicyclic) bond motifs is 1. The molecule has 0 radical (unpaired) electrons. The fourth-order valence-corrected chi connectivity index (χ4v) is 1.41. The molecule has 2 aromatic rings. The zero-order valence-corrected chi connectivity index (χ0v) is 8.97. The molecule has 3 N–H and O–H groups in total. The summed E-state index contributed by atoms with van der Waals surface area (Å²) in [7, 11) is 0. The lowest BCUT2D eigenvalue weighted by molar-refractivity contribution is -0.117. The Labute approximate surface area is 93.5 Å². The van der Waals surface area contributed by atoms with Gasteiger partial charge in [-0.2, -0.15) is 0 Å². The lowest BCUT2D eigenvalue weighted by Gasteiger charge is -2.08. The summed E-state index contributed by atoms with van der Waals surface area (Å²) in [6.07, 6.45) is 1.74. The number of nitrogens with zero attached hydrogens (tertiary/aromatic N) is 1. The molecule has 4 heteroatoms. The summed E-state index contributed by atoms with van der Waals surface area (Å²) in [5.74, 6) is -0.191. The van der Waals surface area contributed by atoms with Crippen LogP contribution in [0.25, 0.3) is 10.9 Å². The molecule has 0 spiro atoms. The van der Waals surface area contributed by atoms with Crippen LogP contribution in [0.4, 0.5) is 5.69 Å². The minimum absolute atomic E-state index is 0.191. The van der Waals surface area contributed by atoms with Crippen molar-refractivity contribution in [3.05, 3.63) is 36.5 Å². The first-order valence-electron chi connectivity index (χ1n) is 5.08. The van der Waals surface area contributed by atoms with E-state index in [4.69, 9.17) is 5.73 Å². The van der Waals surface area contributed by atoms with Gasteiger partial charge in [0.1, 0.15) is 0 Å². The molecule has 1 atom stereocenters. The fourth-order valence-electron chi connectivity index (χ4n) is 1.41. The first-order valence-corrected chi connectivity index (χ1v) is 5.08. The highest BCUT2D eigenvalue weighted by atomic mass is 16.2. The third-order valence-corrected chi connectivity index (χ3v) is 2.28. The second-order valence-electron chi connectivity index (χ2n) is 3.69. The molecule has 0 unspecified atom stereocenters. The standard InChI is InChI=1S/C12H13N3O/c1-8(13)12(16)15-10-4-5-11-9(7-10)3-2-6-14-11/h2-8H,13H2,1H3,(H,15,16)/t8-/m1/s1. The van der Waals surface area contributed by atoms with E-state index in [1.807, 2.05) is 30.3 Å². The second-order valence-corrected chi connectivity index (χ2v) is 3.69. The topological polar surface area (TPSA) is 68.0 Å². The van der Waals surface area contributed by atoms with E-state index in [9.17, 15) is 4.79 Å². The predicted octanol–water partition coefficient (Wildman–Crippen LogP) is 1.52. The van der Waals surface area contributed by atoms with Crippen molar-refractivity contribution in [2.45, 2.75) is 13.0 Å². The van der Waals surface area contributed by atoms with Gasteiger partial charge >= 0.3 is 0 Å². The van der Waals surface area contributed by atoms with Gasteiger partial charge < -0.3 is 11.1 Å². The molecule has 0 bridgehead atoms. The highest BCUT2D eigenvalue weighted by Gasteiger charge is 2.07. The molecule has 2 rings (SSSR count). The van der Waals surface area contributed by atoms with Gasteiger partial charge in [-0.05, 0) is 31.2 Å². The van der Waals surface area contributed by atoms with Crippen LogP contribution >= 0.6 is 0 Å². The van der Waals surface area contributed by atoms with E-state index in [1.165, 1.54) is 0 Å². The highest BCUT2D eigenvalue weighted by Crippen LogP contribution is 2.16. The molecule has 1 aromatic carbocycles. The molecular formula is C12H13N3O. The molecule has 0 saturated heterocycles. The molecule has 0 aliphatic carbocycles. The monoisotopic (exact) mass is 215 g/mol. The lowest BCUT2D eigenvalue weighted by atomic mass is 10.2. The smallest absolute Gasteiger partial charge is 0.240 e. The Balaban J connectivity index is 2.29. The van der Waals surface area contributed by atoms with Crippen molar-refractivity contribution in [2.75, 3.05) is 5.32 Å². The molecule has 1 amide bonds. The Morgan fingerprint density at radius 1 is 1.44 bits per heavy atom. The normalized spacial score (nSPS) is 12.4. The van der Waals surface area contributed by atoms with Crippen molar-refractivity contribution in [3.63, 3.8) is 0 Å². The maximum absolute atomic E-state index is 11.4. The number of benzene rings is 1. The molecule has 82 valence electrons. The van der Waals surface area contributed by atoms with Crippen LogP contribution in [-0.4, -0.2) is 16.9 Å². The van der Waals surface area contributed by atoms with E-state index < -0.39 is 6.04 Å². The largest absolute Gasteiger partial charge is 0.325 e. The summed E-state index contributed by atoms with van der Waals surface area (Å²) in [5.41, 5.74) is 7.11. The van der Waals surface area contributed by atoms with Crippen LogP contribution in [0.5, 0.6) is 0 Å². The van der Waals surface area contributed by atoms with E-state index >= 15 is 0 Å². The third kappa shape index (κ3) is 2.17. The van der Waals surface area contributed by atoms with Gasteiger partial charge in [0.05, 0.1) is 11.6 Å². The van der Waals surface area contributed by atoms with Crippen molar-refractivity contribution >= 4 is 22.5 Å². The highest BCUT2D eigenvalue weighted by molar-refractivity contribution is 5.96. The van der Waals surface area contributed by atoms with Crippen molar-refractivity contribution in [1.29, 1.82) is 0 Å². The molecule has 0 aliphatic heterocycles. The van der Waals surface area contributed by atoms with Crippen molar-refractivity contribution in [2.24, 2.45) is 5.73 Å². The Hall–Kier alpha value is -1.94. The van der Waals surface area contributed by atoms with Crippen molar-refractivity contribution in [3.8, 4) is 0 Å². The number of nitrogens with one attached hydrogen (secondary N) is 1. The Kier molecular flexibility index (Phi) is 2.83. The first kappa shape index (κ1) is 10.6. The van der Waals surface area contributed by atoms with Gasteiger partial charge in [0.15, 0.2) is 0 Å². The van der Waals surface area contributed by atoms with Crippen LogP contribution in [0.1, 0.15) is 6.92 Å². The van der Waals surface area contributed by atoms with Crippen LogP contribution in [-0.2, 0) is 4.79 Å². The predicted molar refractivity (Wildman–Crippen MR) is 64.0 cm³/mol. The van der Waals surface area contributed by atoms with Crippen LogP contribution in [0, 0.1) is 0 Å². The van der Waals surface area contributed by atoms with E-state index in [0.717, 1.165) is 16.6 Å². The van der Waals surface area contributed by atoms with Gasteiger partial charge in [0.2, 0.25) is 5.91 Å². The van der Waals surface area contributed by atoms with Gasteiger partial charge in [0.25, 0.3) is 0 Å². The number of rotatable bonds is 2. The Morgan fingerprint density at radius 2 is 2.25 bits per heavy atom. The lowest BCUT2D eigenvalue weighted by Crippen LogP contribution is -2.32. The number of carbonyl (C=O) groups excluding carboxylic acids is 1. The average molecular weight is 215 g/mol. The maximum Gasteiger partial charge on any atom is 0.240 e. The van der Waals surface area contributed by atoms with Gasteiger partial charge in [-0.1, -0.05) is 6.07 Å². The molecular weight excluding hydrogens is 202 g/mol. The molecule has 1 aromatic heterocycles. The SMILES string of the molecule is C[C@@H](N)C(=O)Nc1ccc2ncccc2c1. The zero-order valence-electron chi connectivity index (χ0n) is 8.97. The molecule has 16 heavy (non-hydrogen) atoms. The van der Waals surface area contributed by atoms with Gasteiger partial charge in [-0.25, -0.2) is 0 Å². The number of hydrogen-bond acceptors (Lipinski definition) is 3. The van der Waals surface area contributed by atoms with Gasteiger partial charge in [-0.15, -0.1) is 0 Å². The van der Waals surface area contributed by atoms with Crippen molar-refractivity contribution in [1.82, 2.24) is 4.98 Å². The van der Waals surface area contributed by atoms with Gasteiger partial charge in [0, 0.05) is 17.3 Å². The van der Waals surface area contributed by atoms with Crippen LogP contribution in [0.2, 0.25) is 0 Å². The molecule has 1 heterocycles. The van der Waals surface area contributed by atoms with E-state index in [1.54, 1.807) is 13.1 Å². The maximum atomic E-state index is 11.4. The number of hydrogen-bond donors (Lipinski definition) is 2. The summed E-state index contributed by atoms with van der Waals surface area (Å²) in [6.45, 7) is 1.65. The van der Waals surface area contributed by atoms with E-state index in [-0.39, 0.29) is 5.91 Å². The minimum atomic E-state index is -0.510. The quantitative estimate of drug-likeness (QED) is 0.798. The van der Waals surface area contributed by atoms with Crippen LogP contribution in [0.15, 0.2) is 36.5 Å². The Morgan fingerprint density at radius 3 is 3.00 bits per heavy atom. The number of pyridine rings is 1. The van der Waals surface area contributed by atoms with Gasteiger partial charge in [-0.3, -0.25) is 9.78 Å². The summed E-state index contributed by atoms with van der Waals surface area (Å²) >= 11 is 0. The zero-order chi connectivity index (χ0) is 11.5. The number of nitrogens with two attached hydrogens (primary N) is 1. The molecule has 4 nitrogen and oxygen atoms in total. The van der Waals surface area contributed by atoms with E-state index in [2.05, 4.69) is 10.3 Å². The summed E-state index contributed by atoms with van der Waals surface area (Å²) in [5, 5.41) is 3.73. The summed E-state index contributed by atoms with van der Waals surface area (Å²) < 4.78 is 0. The second kappa shape index (κ2) is 4.28. The van der Waals surface area contributed by atoms with E-state index in [0.29, 0.717) is 0 Å². The fraction of sp³-hybridized carbons (Fsp3) is 0.167. The van der Waals surface area contributed by atoms with Crippen molar-refractivity contribution < 1.29 is 4.79 Å². The molecule has 0 fully saturated rings. The Bertz CT molecular complexity index is 522. The number of amides is 1. The first-order chi connectivity index (χ1) is 7.66. The minimum Gasteiger partial charge on any atom is -0.325 e. The average Bonchev–Trinajstić information content (AvgIpc) is 2.28. The summed E-state index contributed by atoms with van der Waals surface area (Å²) in [4.78, 5) is 15.6. The van der Waals surface area contributed by atoms with Crippen LogP contribution in [0.3, 0.4) is 0 Å². The summed E-state index contributed by atoms with van der Waals surface area (Å²) in [6, 6.07) is 8.86. The molecule has 0 aliphatic rings. The number of anilines is 1. The number of carbonyl (C=O) groups is 1. The van der Waals surface area contributed by atoms with Crippen LogP contribution < -0.4 is 11.1 Å².